The van der Waals surface area contributed by atoms with Crippen LogP contribution >= 0.6 is 0 Å². The number of rotatable bonds is 19. The normalized spacial score (nSPS) is 32.0. The smallest absolute Gasteiger partial charge is 0.303 e. The molecule has 3 heteroatoms. The van der Waals surface area contributed by atoms with E-state index >= 15 is 0 Å². The third-order valence-electron chi connectivity index (χ3n) is 13.6. The molecule has 4 aliphatic rings. The van der Waals surface area contributed by atoms with E-state index in [2.05, 4.69) is 71.9 Å². The molecule has 2 N–H and O–H groups in total. The van der Waals surface area contributed by atoms with Crippen molar-refractivity contribution in [1.82, 2.24) is 0 Å². The Kier molecular flexibility index (Phi) is 18.1. The molecule has 0 radical (unpaired) electrons. The molecule has 8 atom stereocenters. The Morgan fingerprint density at radius 1 is 0.833 bits per heavy atom. The van der Waals surface area contributed by atoms with E-state index in [1.165, 1.54) is 103 Å². The van der Waals surface area contributed by atoms with Crippen LogP contribution in [0.2, 0.25) is 0 Å². The molecule has 3 nitrogen and oxygen atoms in total. The van der Waals surface area contributed by atoms with Crippen molar-refractivity contribution in [3.05, 3.63) is 36.0 Å². The van der Waals surface area contributed by atoms with Crippen LogP contribution in [-0.2, 0) is 4.79 Å². The van der Waals surface area contributed by atoms with E-state index in [1.807, 2.05) is 0 Å². The molecule has 0 amide bonds. The van der Waals surface area contributed by atoms with E-state index in [-0.39, 0.29) is 6.10 Å². The number of hydrogen-bond donors (Lipinski definition) is 2. The van der Waals surface area contributed by atoms with Crippen LogP contribution in [0.25, 0.3) is 0 Å². The van der Waals surface area contributed by atoms with Crippen LogP contribution in [0.5, 0.6) is 0 Å². The molecule has 0 aromatic rings. The SMILES string of the molecule is CC(C)CCC[C@@H](C)[C@H]1CC[C@H]2[C@@H]3CC=C4CC(O)CC[C@]4(C)[C@H]3CC[C@]12C.CCCCC/C=C\C/C=C\CCCCCCCC(=O)O. The third kappa shape index (κ3) is 12.2. The highest BCUT2D eigenvalue weighted by Crippen LogP contribution is 2.67. The summed E-state index contributed by atoms with van der Waals surface area (Å²) in [6.07, 6.45) is 39.4. The van der Waals surface area contributed by atoms with E-state index in [0.29, 0.717) is 17.3 Å². The first-order valence-electron chi connectivity index (χ1n) is 20.9. The molecule has 0 aliphatic heterocycles. The summed E-state index contributed by atoms with van der Waals surface area (Å²) in [5.41, 5.74) is 2.60. The van der Waals surface area contributed by atoms with Gasteiger partial charge >= 0.3 is 5.97 Å². The molecule has 276 valence electrons. The maximum Gasteiger partial charge on any atom is 0.303 e. The number of aliphatic hydroxyl groups excluding tert-OH is 1. The summed E-state index contributed by atoms with van der Waals surface area (Å²) in [6.45, 7) is 14.8. The van der Waals surface area contributed by atoms with Crippen LogP contribution in [-0.4, -0.2) is 22.3 Å². The maximum absolute atomic E-state index is 10.3. The van der Waals surface area contributed by atoms with Crippen molar-refractivity contribution in [2.45, 2.75) is 195 Å². The molecule has 0 aromatic heterocycles. The lowest BCUT2D eigenvalue weighted by Gasteiger charge is -2.58. The van der Waals surface area contributed by atoms with E-state index in [9.17, 15) is 9.90 Å². The van der Waals surface area contributed by atoms with Crippen molar-refractivity contribution in [3.63, 3.8) is 0 Å². The Labute approximate surface area is 297 Å². The van der Waals surface area contributed by atoms with Gasteiger partial charge in [-0.1, -0.05) is 129 Å². The zero-order valence-corrected chi connectivity index (χ0v) is 32.5. The average Bonchev–Trinajstić information content (AvgIpc) is 3.40. The molecule has 3 fully saturated rings. The first-order chi connectivity index (χ1) is 23.0. The minimum Gasteiger partial charge on any atom is -0.481 e. The van der Waals surface area contributed by atoms with Crippen molar-refractivity contribution >= 4 is 5.97 Å². The molecular formula is C45H78O3. The van der Waals surface area contributed by atoms with E-state index in [4.69, 9.17) is 5.11 Å². The second-order valence-corrected chi connectivity index (χ2v) is 17.6. The number of hydrogen-bond acceptors (Lipinski definition) is 2. The maximum atomic E-state index is 10.3. The number of carboxylic acid groups (broad SMARTS) is 1. The van der Waals surface area contributed by atoms with E-state index < -0.39 is 5.97 Å². The van der Waals surface area contributed by atoms with Gasteiger partial charge in [0.15, 0.2) is 0 Å². The number of fused-ring (bicyclic) bond motifs is 5. The fourth-order valence-corrected chi connectivity index (χ4v) is 10.8. The van der Waals surface area contributed by atoms with Crippen molar-refractivity contribution in [1.29, 1.82) is 0 Å². The van der Waals surface area contributed by atoms with Gasteiger partial charge in [0, 0.05) is 6.42 Å². The lowest BCUT2D eigenvalue weighted by molar-refractivity contribution is -0.137. The van der Waals surface area contributed by atoms with Gasteiger partial charge in [-0.3, -0.25) is 4.79 Å². The highest BCUT2D eigenvalue weighted by atomic mass is 16.4. The Hall–Kier alpha value is -1.35. The van der Waals surface area contributed by atoms with Crippen molar-refractivity contribution < 1.29 is 15.0 Å². The third-order valence-corrected chi connectivity index (χ3v) is 13.6. The summed E-state index contributed by atoms with van der Waals surface area (Å²) in [5, 5.41) is 18.7. The molecule has 48 heavy (non-hydrogen) atoms. The summed E-state index contributed by atoms with van der Waals surface area (Å²) in [5.74, 6) is 4.79. The average molecular weight is 667 g/mol. The van der Waals surface area contributed by atoms with Crippen LogP contribution in [0.4, 0.5) is 0 Å². The second-order valence-electron chi connectivity index (χ2n) is 17.6. The van der Waals surface area contributed by atoms with Gasteiger partial charge in [0.25, 0.3) is 0 Å². The first-order valence-corrected chi connectivity index (χ1v) is 20.9. The van der Waals surface area contributed by atoms with Crippen LogP contribution in [0.1, 0.15) is 189 Å². The molecule has 0 saturated heterocycles. The fourth-order valence-electron chi connectivity index (χ4n) is 10.8. The number of aliphatic hydroxyl groups is 1. The largest absolute Gasteiger partial charge is 0.481 e. The van der Waals surface area contributed by atoms with E-state index in [0.717, 1.165) is 74.0 Å². The Balaban J connectivity index is 0.000000279. The number of carboxylic acids is 1. The standard InChI is InChI=1S/C27H46O.C18H32O2/c1-18(2)7-6-8-19(3)23-11-12-24-22-10-9-20-17-21(28)13-15-26(20,4)25(22)14-16-27(23,24)5;1-2-3-4-5-6-7-8-9-10-11-12-13-14-15-16-17-18(19)20/h9,18-19,21-25,28H,6-8,10-17H2,1-5H3;6-7,9-10H,2-5,8,11-17H2,1H3,(H,19,20)/b;7-6-,10-9-/t19-,21?,22+,23-,24+,25+,26+,27-;/m1./s1. The van der Waals surface area contributed by atoms with Crippen molar-refractivity contribution in [3.8, 4) is 0 Å². The highest BCUT2D eigenvalue weighted by molar-refractivity contribution is 5.66. The molecule has 0 heterocycles. The zero-order chi connectivity index (χ0) is 35.0. The predicted octanol–water partition coefficient (Wildman–Crippen LogP) is 13.3. The lowest BCUT2D eigenvalue weighted by atomic mass is 9.47. The molecule has 4 aliphatic carbocycles. The monoisotopic (exact) mass is 667 g/mol. The first kappa shape index (κ1) is 41.1. The summed E-state index contributed by atoms with van der Waals surface area (Å²) in [7, 11) is 0. The number of allylic oxidation sites excluding steroid dienone is 5. The number of aliphatic carboxylic acids is 1. The topological polar surface area (TPSA) is 57.5 Å². The number of unbranched alkanes of at least 4 members (excludes halogenated alkanes) is 8. The van der Waals surface area contributed by atoms with Gasteiger partial charge < -0.3 is 10.2 Å². The molecule has 3 saturated carbocycles. The van der Waals surface area contributed by atoms with Gasteiger partial charge in [0.1, 0.15) is 0 Å². The van der Waals surface area contributed by atoms with Crippen molar-refractivity contribution in [2.75, 3.05) is 0 Å². The molecule has 1 unspecified atom stereocenters. The second kappa shape index (κ2) is 21.1. The molecule has 4 rings (SSSR count). The molecule has 0 bridgehead atoms. The minimum atomic E-state index is -0.671. The highest BCUT2D eigenvalue weighted by Gasteiger charge is 2.59. The minimum absolute atomic E-state index is 0.0766. The van der Waals surface area contributed by atoms with Gasteiger partial charge in [0.05, 0.1) is 6.10 Å². The number of carbonyl (C=O) groups is 1. The molecule has 0 spiro atoms. The summed E-state index contributed by atoms with van der Waals surface area (Å²) < 4.78 is 0. The van der Waals surface area contributed by atoms with Crippen LogP contribution in [0.15, 0.2) is 36.0 Å². The summed E-state index contributed by atoms with van der Waals surface area (Å²) >= 11 is 0. The van der Waals surface area contributed by atoms with Crippen LogP contribution in [0, 0.1) is 46.3 Å². The van der Waals surface area contributed by atoms with E-state index in [1.54, 1.807) is 5.57 Å². The summed E-state index contributed by atoms with van der Waals surface area (Å²) in [4.78, 5) is 10.3. The summed E-state index contributed by atoms with van der Waals surface area (Å²) in [6, 6.07) is 0. The quantitative estimate of drug-likeness (QED) is 0.107. The van der Waals surface area contributed by atoms with Gasteiger partial charge in [-0.25, -0.2) is 0 Å². The van der Waals surface area contributed by atoms with Gasteiger partial charge in [-0.05, 0) is 136 Å². The molecular weight excluding hydrogens is 588 g/mol. The predicted molar refractivity (Wildman–Crippen MR) is 206 cm³/mol. The molecule has 0 aromatic carbocycles. The van der Waals surface area contributed by atoms with Crippen molar-refractivity contribution in [2.24, 2.45) is 46.3 Å². The Bertz CT molecular complexity index is 1010. The van der Waals surface area contributed by atoms with Gasteiger partial charge in [-0.2, -0.15) is 0 Å². The van der Waals surface area contributed by atoms with Gasteiger partial charge in [-0.15, -0.1) is 0 Å². The zero-order valence-electron chi connectivity index (χ0n) is 32.5. The van der Waals surface area contributed by atoms with Crippen LogP contribution < -0.4 is 0 Å². The van der Waals surface area contributed by atoms with Gasteiger partial charge in [0.2, 0.25) is 0 Å². The lowest BCUT2D eigenvalue weighted by Crippen LogP contribution is -2.50. The Morgan fingerprint density at radius 2 is 1.52 bits per heavy atom. The fraction of sp³-hybridized carbons (Fsp3) is 0.844. The Morgan fingerprint density at radius 3 is 2.21 bits per heavy atom. The van der Waals surface area contributed by atoms with Crippen LogP contribution in [0.3, 0.4) is 0 Å².